The predicted molar refractivity (Wildman–Crippen MR) is 90.9 cm³/mol. The number of nitrogens with one attached hydrogen (secondary N) is 1. The van der Waals surface area contributed by atoms with Gasteiger partial charge in [-0.05, 0) is 25.1 Å². The minimum atomic E-state index is -3.57. The highest BCUT2D eigenvalue weighted by molar-refractivity contribution is 7.89. The molecule has 0 unspecified atom stereocenters. The number of carbonyl (C=O) groups is 1. The average molecular weight is 354 g/mol. The molecule has 23 heavy (non-hydrogen) atoms. The van der Waals surface area contributed by atoms with Crippen molar-refractivity contribution in [2.75, 3.05) is 26.5 Å². The van der Waals surface area contributed by atoms with E-state index in [-0.39, 0.29) is 10.8 Å². The molecule has 1 aromatic heterocycles. The first-order valence-electron chi connectivity index (χ1n) is 6.74. The number of ether oxygens (including phenoxy) is 1. The molecule has 0 aliphatic rings. The van der Waals surface area contributed by atoms with Gasteiger partial charge >= 0.3 is 0 Å². The zero-order valence-corrected chi connectivity index (χ0v) is 14.9. The lowest BCUT2D eigenvalue weighted by Crippen LogP contribution is -2.22. The van der Waals surface area contributed by atoms with Gasteiger partial charge in [-0.25, -0.2) is 12.7 Å². The molecule has 0 fully saturated rings. The molecule has 0 radical (unpaired) electrons. The highest BCUT2D eigenvalue weighted by Gasteiger charge is 2.24. The number of amides is 1. The van der Waals surface area contributed by atoms with E-state index < -0.39 is 10.0 Å². The molecule has 0 atom stereocenters. The lowest BCUT2D eigenvalue weighted by molar-refractivity contribution is 0.103. The van der Waals surface area contributed by atoms with Gasteiger partial charge in [-0.3, -0.25) is 4.79 Å². The first-order valence-corrected chi connectivity index (χ1v) is 9.00. The molecule has 0 saturated carbocycles. The Balaban J connectivity index is 2.32. The third kappa shape index (κ3) is 3.54. The summed E-state index contributed by atoms with van der Waals surface area (Å²) in [5, 5.41) is 2.74. The molecule has 1 aromatic carbocycles. The van der Waals surface area contributed by atoms with Crippen molar-refractivity contribution in [3.05, 3.63) is 40.1 Å². The third-order valence-electron chi connectivity index (χ3n) is 3.21. The first kappa shape index (κ1) is 17.5. The maximum Gasteiger partial charge on any atom is 0.265 e. The highest BCUT2D eigenvalue weighted by Crippen LogP contribution is 2.29. The summed E-state index contributed by atoms with van der Waals surface area (Å²) in [6, 6.07) is 8.43. The monoisotopic (exact) mass is 354 g/mol. The minimum Gasteiger partial charge on any atom is -0.495 e. The van der Waals surface area contributed by atoms with E-state index in [0.717, 1.165) is 15.6 Å². The number of hydrogen-bond donors (Lipinski definition) is 1. The van der Waals surface area contributed by atoms with Gasteiger partial charge in [0.25, 0.3) is 5.91 Å². The number of benzene rings is 1. The normalized spacial score (nSPS) is 11.5. The average Bonchev–Trinajstić information content (AvgIpc) is 2.90. The number of para-hydroxylation sites is 2. The Labute approximate surface area is 139 Å². The van der Waals surface area contributed by atoms with E-state index in [9.17, 15) is 13.2 Å². The second kappa shape index (κ2) is 6.69. The Hall–Kier alpha value is -1.90. The quantitative estimate of drug-likeness (QED) is 0.895. The Morgan fingerprint density at radius 3 is 2.52 bits per heavy atom. The van der Waals surface area contributed by atoms with Gasteiger partial charge in [0.2, 0.25) is 10.0 Å². The van der Waals surface area contributed by atoms with Crippen LogP contribution in [0.2, 0.25) is 0 Å². The number of rotatable bonds is 5. The van der Waals surface area contributed by atoms with Crippen molar-refractivity contribution in [3.8, 4) is 5.75 Å². The van der Waals surface area contributed by atoms with E-state index in [0.29, 0.717) is 21.2 Å². The van der Waals surface area contributed by atoms with Crippen LogP contribution in [0.1, 0.15) is 14.5 Å². The van der Waals surface area contributed by atoms with E-state index >= 15 is 0 Å². The molecule has 0 saturated heterocycles. The van der Waals surface area contributed by atoms with Crippen molar-refractivity contribution in [1.29, 1.82) is 0 Å². The van der Waals surface area contributed by atoms with Crippen LogP contribution in [0.15, 0.2) is 35.2 Å². The first-order chi connectivity index (χ1) is 10.8. The van der Waals surface area contributed by atoms with Crippen LogP contribution in [0.25, 0.3) is 0 Å². The molecule has 0 spiro atoms. The molecular formula is C15H18N2O4S2. The second-order valence-corrected chi connectivity index (χ2v) is 8.35. The number of sulfonamides is 1. The van der Waals surface area contributed by atoms with Crippen LogP contribution in [-0.2, 0) is 10.0 Å². The van der Waals surface area contributed by atoms with Gasteiger partial charge in [0, 0.05) is 19.0 Å². The number of thiophene rings is 1. The standard InChI is InChI=1S/C15H18N2O4S2/c1-10-14(23(19,20)17(2)3)9-13(22-10)15(18)16-11-7-5-6-8-12(11)21-4/h5-9H,1-4H3,(H,16,18). The number of hydrogen-bond acceptors (Lipinski definition) is 5. The summed E-state index contributed by atoms with van der Waals surface area (Å²) in [6.07, 6.45) is 0. The Bertz CT molecular complexity index is 826. The lowest BCUT2D eigenvalue weighted by Gasteiger charge is -2.10. The van der Waals surface area contributed by atoms with E-state index in [1.807, 2.05) is 0 Å². The van der Waals surface area contributed by atoms with Gasteiger partial charge in [-0.15, -0.1) is 11.3 Å². The second-order valence-electron chi connectivity index (χ2n) is 4.97. The van der Waals surface area contributed by atoms with Crippen LogP contribution in [0.4, 0.5) is 5.69 Å². The summed E-state index contributed by atoms with van der Waals surface area (Å²) >= 11 is 1.14. The van der Waals surface area contributed by atoms with Crippen molar-refractivity contribution < 1.29 is 17.9 Å². The molecule has 6 nitrogen and oxygen atoms in total. The van der Waals surface area contributed by atoms with Crippen LogP contribution in [0.5, 0.6) is 5.75 Å². The summed E-state index contributed by atoms with van der Waals surface area (Å²) in [7, 11) is 0.868. The molecule has 124 valence electrons. The van der Waals surface area contributed by atoms with Crippen molar-refractivity contribution in [3.63, 3.8) is 0 Å². The number of aryl methyl sites for hydroxylation is 1. The van der Waals surface area contributed by atoms with Gasteiger partial charge in [0.15, 0.2) is 0 Å². The topological polar surface area (TPSA) is 75.7 Å². The van der Waals surface area contributed by atoms with Crippen LogP contribution in [0, 0.1) is 6.92 Å². The Morgan fingerprint density at radius 1 is 1.26 bits per heavy atom. The summed E-state index contributed by atoms with van der Waals surface area (Å²) in [5.41, 5.74) is 0.531. The summed E-state index contributed by atoms with van der Waals surface area (Å²) in [6.45, 7) is 1.68. The van der Waals surface area contributed by atoms with E-state index in [1.165, 1.54) is 27.3 Å². The largest absolute Gasteiger partial charge is 0.495 e. The summed E-state index contributed by atoms with van der Waals surface area (Å²) in [4.78, 5) is 13.4. The smallest absolute Gasteiger partial charge is 0.265 e. The van der Waals surface area contributed by atoms with Crippen LogP contribution in [0.3, 0.4) is 0 Å². The van der Waals surface area contributed by atoms with Gasteiger partial charge in [0.05, 0.1) is 22.6 Å². The Morgan fingerprint density at radius 2 is 1.91 bits per heavy atom. The zero-order valence-electron chi connectivity index (χ0n) is 13.3. The molecule has 1 heterocycles. The maximum atomic E-state index is 12.4. The predicted octanol–water partition coefficient (Wildman–Crippen LogP) is 2.57. The fraction of sp³-hybridized carbons (Fsp3) is 0.267. The number of nitrogens with zero attached hydrogens (tertiary/aromatic N) is 1. The number of methoxy groups -OCH3 is 1. The lowest BCUT2D eigenvalue weighted by atomic mass is 10.3. The molecule has 1 amide bonds. The highest BCUT2D eigenvalue weighted by atomic mass is 32.2. The van der Waals surface area contributed by atoms with Crippen LogP contribution >= 0.6 is 11.3 Å². The molecule has 2 rings (SSSR count). The van der Waals surface area contributed by atoms with Gasteiger partial charge in [0.1, 0.15) is 5.75 Å². The molecule has 0 bridgehead atoms. The molecule has 2 aromatic rings. The SMILES string of the molecule is COc1ccccc1NC(=O)c1cc(S(=O)(=O)N(C)C)c(C)s1. The minimum absolute atomic E-state index is 0.151. The molecule has 0 aliphatic heterocycles. The summed E-state index contributed by atoms with van der Waals surface area (Å²) in [5.74, 6) is 0.165. The van der Waals surface area contributed by atoms with E-state index in [4.69, 9.17) is 4.74 Å². The van der Waals surface area contributed by atoms with Crippen molar-refractivity contribution in [2.24, 2.45) is 0 Å². The zero-order chi connectivity index (χ0) is 17.2. The number of anilines is 1. The molecule has 8 heteroatoms. The molecule has 1 N–H and O–H groups in total. The van der Waals surface area contributed by atoms with Crippen LogP contribution in [-0.4, -0.2) is 39.8 Å². The molecular weight excluding hydrogens is 336 g/mol. The Kier molecular flexibility index (Phi) is 5.08. The van der Waals surface area contributed by atoms with E-state index in [2.05, 4.69) is 5.32 Å². The van der Waals surface area contributed by atoms with Crippen molar-refractivity contribution in [1.82, 2.24) is 4.31 Å². The van der Waals surface area contributed by atoms with Crippen molar-refractivity contribution in [2.45, 2.75) is 11.8 Å². The van der Waals surface area contributed by atoms with Gasteiger partial charge < -0.3 is 10.1 Å². The van der Waals surface area contributed by atoms with E-state index in [1.54, 1.807) is 31.2 Å². The van der Waals surface area contributed by atoms with Gasteiger partial charge in [-0.1, -0.05) is 12.1 Å². The fourth-order valence-electron chi connectivity index (χ4n) is 1.96. The maximum absolute atomic E-state index is 12.4. The number of carbonyl (C=O) groups excluding carboxylic acids is 1. The third-order valence-corrected chi connectivity index (χ3v) is 6.33. The van der Waals surface area contributed by atoms with Gasteiger partial charge in [-0.2, -0.15) is 0 Å². The molecule has 0 aliphatic carbocycles. The van der Waals surface area contributed by atoms with Crippen molar-refractivity contribution >= 4 is 33.0 Å². The fourth-order valence-corrected chi connectivity index (χ4v) is 4.31. The van der Waals surface area contributed by atoms with Crippen LogP contribution < -0.4 is 10.1 Å². The summed E-state index contributed by atoms with van der Waals surface area (Å²) < 4.78 is 30.8.